The first-order chi connectivity index (χ1) is 17.0. The molecule has 2 heterocycles. The van der Waals surface area contributed by atoms with Gasteiger partial charge < -0.3 is 4.74 Å². The molecule has 0 atom stereocenters. The minimum absolute atomic E-state index is 0.0820. The normalized spacial score (nSPS) is 11.6. The standard InChI is InChI=1S/C23H19F3N4O5S/c1-28-18(23(24,25)26)11-19(31)30(22(28)33)13-8-9-17-15(10-13)21(27-36-17)14-6-4-5-7-16(14)35-12-20(32)29(2)34-3/h4-11H,12H2,1-3H3. The molecule has 0 aliphatic carbocycles. The Kier molecular flexibility index (Phi) is 6.69. The molecule has 9 nitrogen and oxygen atoms in total. The van der Waals surface area contributed by atoms with Gasteiger partial charge in [0, 0.05) is 31.1 Å². The highest BCUT2D eigenvalue weighted by Gasteiger charge is 2.35. The number of carbonyl (C=O) groups is 1. The Labute approximate surface area is 205 Å². The number of rotatable bonds is 6. The molecule has 0 unspecified atom stereocenters. The number of likely N-dealkylation sites (N-methyl/N-ethyl adjacent to an activating group) is 1. The summed E-state index contributed by atoms with van der Waals surface area (Å²) in [6.45, 7) is -0.300. The number of aromatic nitrogens is 3. The number of benzene rings is 2. The Morgan fingerprint density at radius 1 is 1.14 bits per heavy atom. The molecule has 0 spiro atoms. The number of hydroxylamine groups is 2. The van der Waals surface area contributed by atoms with E-state index in [4.69, 9.17) is 9.57 Å². The second-order valence-electron chi connectivity index (χ2n) is 7.61. The maximum Gasteiger partial charge on any atom is 0.431 e. The van der Waals surface area contributed by atoms with Crippen LogP contribution in [0.25, 0.3) is 27.0 Å². The molecule has 0 saturated heterocycles. The average molecular weight is 520 g/mol. The molecule has 0 fully saturated rings. The van der Waals surface area contributed by atoms with Crippen LogP contribution in [0.5, 0.6) is 5.75 Å². The fourth-order valence-corrected chi connectivity index (χ4v) is 4.28. The molecular formula is C23H19F3N4O5S. The third-order valence-corrected chi connectivity index (χ3v) is 6.27. The molecule has 0 aliphatic rings. The highest BCUT2D eigenvalue weighted by molar-refractivity contribution is 7.13. The minimum Gasteiger partial charge on any atom is -0.483 e. The monoisotopic (exact) mass is 520 g/mol. The van der Waals surface area contributed by atoms with Crippen molar-refractivity contribution < 1.29 is 27.5 Å². The number of hydrogen-bond acceptors (Lipinski definition) is 7. The molecular weight excluding hydrogens is 501 g/mol. The Bertz CT molecular complexity index is 1570. The number of nitrogens with zero attached hydrogens (tertiary/aromatic N) is 4. The molecule has 1 amide bonds. The molecule has 0 bridgehead atoms. The van der Waals surface area contributed by atoms with Crippen molar-refractivity contribution in [3.8, 4) is 22.7 Å². The largest absolute Gasteiger partial charge is 0.483 e. The van der Waals surface area contributed by atoms with Gasteiger partial charge in [-0.15, -0.1) is 0 Å². The number of amides is 1. The fourth-order valence-electron chi connectivity index (χ4n) is 3.52. The van der Waals surface area contributed by atoms with Crippen LogP contribution in [0.2, 0.25) is 0 Å². The Balaban J connectivity index is 1.80. The second-order valence-corrected chi connectivity index (χ2v) is 8.42. The van der Waals surface area contributed by atoms with Gasteiger partial charge in [0.1, 0.15) is 11.4 Å². The van der Waals surface area contributed by atoms with E-state index in [0.29, 0.717) is 42.3 Å². The number of para-hydroxylation sites is 1. The maximum absolute atomic E-state index is 13.2. The first kappa shape index (κ1) is 25.1. The van der Waals surface area contributed by atoms with E-state index >= 15 is 0 Å². The lowest BCUT2D eigenvalue weighted by Gasteiger charge is -2.15. The van der Waals surface area contributed by atoms with Crippen LogP contribution in [0.15, 0.2) is 58.1 Å². The van der Waals surface area contributed by atoms with E-state index in [1.165, 1.54) is 26.3 Å². The van der Waals surface area contributed by atoms with Crippen molar-refractivity contribution in [2.75, 3.05) is 20.8 Å². The number of fused-ring (bicyclic) bond motifs is 1. The van der Waals surface area contributed by atoms with Gasteiger partial charge in [-0.1, -0.05) is 12.1 Å². The van der Waals surface area contributed by atoms with E-state index < -0.39 is 29.0 Å². The third-order valence-electron chi connectivity index (χ3n) is 5.44. The van der Waals surface area contributed by atoms with Crippen molar-refractivity contribution in [1.29, 1.82) is 0 Å². The molecule has 4 aromatic rings. The van der Waals surface area contributed by atoms with Gasteiger partial charge in [-0.25, -0.2) is 14.4 Å². The Hall–Kier alpha value is -3.97. The molecule has 13 heteroatoms. The van der Waals surface area contributed by atoms with Crippen molar-refractivity contribution in [2.45, 2.75) is 6.18 Å². The summed E-state index contributed by atoms with van der Waals surface area (Å²) >= 11 is 1.15. The topological polar surface area (TPSA) is 95.7 Å². The maximum atomic E-state index is 13.2. The van der Waals surface area contributed by atoms with E-state index in [0.717, 1.165) is 23.6 Å². The smallest absolute Gasteiger partial charge is 0.431 e. The number of halogens is 3. The summed E-state index contributed by atoms with van der Waals surface area (Å²) in [6.07, 6.45) is -4.86. The Morgan fingerprint density at radius 2 is 1.86 bits per heavy atom. The summed E-state index contributed by atoms with van der Waals surface area (Å²) < 4.78 is 51.5. The predicted molar refractivity (Wildman–Crippen MR) is 126 cm³/mol. The summed E-state index contributed by atoms with van der Waals surface area (Å²) in [5, 5.41) is 1.57. The summed E-state index contributed by atoms with van der Waals surface area (Å²) in [4.78, 5) is 42.2. The second kappa shape index (κ2) is 9.59. The first-order valence-corrected chi connectivity index (χ1v) is 11.1. The van der Waals surface area contributed by atoms with Gasteiger partial charge >= 0.3 is 11.9 Å². The molecule has 36 heavy (non-hydrogen) atoms. The van der Waals surface area contributed by atoms with Gasteiger partial charge in [0.15, 0.2) is 6.61 Å². The van der Waals surface area contributed by atoms with Crippen LogP contribution >= 0.6 is 11.5 Å². The molecule has 0 aliphatic heterocycles. The highest BCUT2D eigenvalue weighted by atomic mass is 32.1. The van der Waals surface area contributed by atoms with Crippen molar-refractivity contribution in [2.24, 2.45) is 7.05 Å². The number of carbonyl (C=O) groups excluding carboxylic acids is 1. The van der Waals surface area contributed by atoms with Crippen LogP contribution in [-0.4, -0.2) is 45.2 Å². The summed E-state index contributed by atoms with van der Waals surface area (Å²) in [5.74, 6) is -0.0641. The zero-order valence-corrected chi connectivity index (χ0v) is 20.0. The molecule has 0 radical (unpaired) electrons. The van der Waals surface area contributed by atoms with E-state index in [-0.39, 0.29) is 12.3 Å². The van der Waals surface area contributed by atoms with Crippen LogP contribution in [0.4, 0.5) is 13.2 Å². The lowest BCUT2D eigenvalue weighted by Crippen LogP contribution is -2.40. The lowest BCUT2D eigenvalue weighted by molar-refractivity contribution is -0.170. The molecule has 188 valence electrons. The number of ether oxygens (including phenoxy) is 1. The van der Waals surface area contributed by atoms with E-state index in [1.807, 2.05) is 0 Å². The van der Waals surface area contributed by atoms with Gasteiger partial charge in [0.05, 0.1) is 23.2 Å². The van der Waals surface area contributed by atoms with Crippen LogP contribution in [0, 0.1) is 0 Å². The van der Waals surface area contributed by atoms with Gasteiger partial charge in [-0.05, 0) is 41.9 Å². The zero-order chi connectivity index (χ0) is 26.2. The van der Waals surface area contributed by atoms with Crippen LogP contribution in [0.1, 0.15) is 5.69 Å². The van der Waals surface area contributed by atoms with E-state index in [9.17, 15) is 27.6 Å². The summed E-state index contributed by atoms with van der Waals surface area (Å²) in [5.41, 5.74) is -2.51. The summed E-state index contributed by atoms with van der Waals surface area (Å²) in [7, 11) is 3.74. The third kappa shape index (κ3) is 4.62. The molecule has 0 saturated carbocycles. The SMILES string of the molecule is CON(C)C(=O)COc1ccccc1-c1nsc2ccc(-n3c(=O)cc(C(F)(F)F)n(C)c3=O)cc12. The summed E-state index contributed by atoms with van der Waals surface area (Å²) in [6, 6.07) is 11.8. The van der Waals surface area contributed by atoms with Crippen LogP contribution in [0.3, 0.4) is 0 Å². The first-order valence-electron chi connectivity index (χ1n) is 10.4. The van der Waals surface area contributed by atoms with E-state index in [1.54, 1.807) is 30.3 Å². The van der Waals surface area contributed by atoms with Crippen LogP contribution < -0.4 is 16.0 Å². The predicted octanol–water partition coefficient (Wildman–Crippen LogP) is 3.23. The molecule has 4 rings (SSSR count). The minimum atomic E-state index is -4.86. The molecule has 2 aromatic heterocycles. The van der Waals surface area contributed by atoms with Crippen molar-refractivity contribution >= 4 is 27.5 Å². The lowest BCUT2D eigenvalue weighted by atomic mass is 10.1. The zero-order valence-electron chi connectivity index (χ0n) is 19.2. The fraction of sp³-hybridized carbons (Fsp3) is 0.217. The van der Waals surface area contributed by atoms with Gasteiger partial charge in [-0.2, -0.15) is 17.5 Å². The van der Waals surface area contributed by atoms with Crippen molar-refractivity contribution in [1.82, 2.24) is 18.6 Å². The Morgan fingerprint density at radius 3 is 2.56 bits per heavy atom. The van der Waals surface area contributed by atoms with Crippen LogP contribution in [-0.2, 0) is 22.9 Å². The van der Waals surface area contributed by atoms with Crippen molar-refractivity contribution in [3.05, 3.63) is 75.1 Å². The average Bonchev–Trinajstić information content (AvgIpc) is 3.27. The van der Waals surface area contributed by atoms with Gasteiger partial charge in [0.25, 0.3) is 11.5 Å². The van der Waals surface area contributed by atoms with Gasteiger partial charge in [0.2, 0.25) is 0 Å². The van der Waals surface area contributed by atoms with Gasteiger partial charge in [-0.3, -0.25) is 19.0 Å². The molecule has 2 aromatic carbocycles. The quantitative estimate of drug-likeness (QED) is 0.363. The molecule has 0 N–H and O–H groups in total. The van der Waals surface area contributed by atoms with E-state index in [2.05, 4.69) is 4.37 Å². The highest BCUT2D eigenvalue weighted by Crippen LogP contribution is 2.37. The van der Waals surface area contributed by atoms with Crippen molar-refractivity contribution in [3.63, 3.8) is 0 Å². The number of hydrogen-bond donors (Lipinski definition) is 0. The number of alkyl halides is 3.